The summed E-state index contributed by atoms with van der Waals surface area (Å²) >= 11 is 1.75. The number of aromatic nitrogens is 1. The molecule has 1 aliphatic carbocycles. The van der Waals surface area contributed by atoms with E-state index in [0.29, 0.717) is 13.0 Å². The van der Waals surface area contributed by atoms with Crippen molar-refractivity contribution >= 4 is 33.4 Å². The summed E-state index contributed by atoms with van der Waals surface area (Å²) in [5.74, 6) is -1.25. The minimum absolute atomic E-state index is 0.0450. The zero-order valence-corrected chi connectivity index (χ0v) is 17.6. The molecule has 1 aromatic carbocycles. The number of benzene rings is 1. The van der Waals surface area contributed by atoms with Crippen molar-refractivity contribution in [3.05, 3.63) is 28.8 Å². The highest BCUT2D eigenvalue weighted by Crippen LogP contribution is 2.43. The van der Waals surface area contributed by atoms with Crippen LogP contribution in [0.3, 0.4) is 0 Å². The molecule has 3 rings (SSSR count). The first-order valence-corrected chi connectivity index (χ1v) is 11.1. The Bertz CT molecular complexity index is 839. The molecule has 2 N–H and O–H groups in total. The van der Waals surface area contributed by atoms with Crippen LogP contribution < -0.4 is 5.32 Å². The average molecular weight is 403 g/mol. The number of hydrogen-bond donors (Lipinski definition) is 2. The largest absolute Gasteiger partial charge is 0.481 e. The number of aliphatic carboxylic acids is 1. The molecule has 1 aromatic heterocycles. The number of fused-ring (bicyclic) bond motifs is 1. The molecule has 6 heteroatoms. The predicted molar refractivity (Wildman–Crippen MR) is 113 cm³/mol. The van der Waals surface area contributed by atoms with Crippen molar-refractivity contribution in [2.24, 2.45) is 11.3 Å². The molecular weight excluding hydrogens is 372 g/mol. The summed E-state index contributed by atoms with van der Waals surface area (Å²) in [6, 6.07) is 6.41. The van der Waals surface area contributed by atoms with Gasteiger partial charge in [-0.2, -0.15) is 0 Å². The van der Waals surface area contributed by atoms with Gasteiger partial charge >= 0.3 is 5.97 Å². The van der Waals surface area contributed by atoms with E-state index in [2.05, 4.69) is 35.4 Å². The Morgan fingerprint density at radius 1 is 1.32 bits per heavy atom. The standard InChI is InChI=1S/C22H30N2O3S/c1-3-19-24-17-9-8-16(13-18(17)28-19)7-6-12-23-21(27)22(10-4-5-11-22)14-15(2)20(25)26/h8-9,13,15H,3-7,10-12,14H2,1-2H3,(H,23,27)(H,25,26)/t15-/m1/s1. The third kappa shape index (κ3) is 4.72. The third-order valence-corrected chi connectivity index (χ3v) is 7.05. The first kappa shape index (κ1) is 20.8. The lowest BCUT2D eigenvalue weighted by atomic mass is 9.77. The van der Waals surface area contributed by atoms with E-state index in [1.165, 1.54) is 10.3 Å². The second-order valence-electron chi connectivity index (χ2n) is 8.05. The molecule has 1 atom stereocenters. The van der Waals surface area contributed by atoms with E-state index in [0.717, 1.165) is 55.5 Å². The van der Waals surface area contributed by atoms with Gasteiger partial charge in [-0.1, -0.05) is 32.8 Å². The molecule has 0 radical (unpaired) electrons. The summed E-state index contributed by atoms with van der Waals surface area (Å²) in [6.07, 6.45) is 6.81. The monoisotopic (exact) mass is 402 g/mol. The quantitative estimate of drug-likeness (QED) is 0.602. The summed E-state index contributed by atoms with van der Waals surface area (Å²) in [6.45, 7) is 4.45. The topological polar surface area (TPSA) is 79.3 Å². The molecular formula is C22H30N2O3S. The van der Waals surface area contributed by atoms with Gasteiger partial charge in [0.15, 0.2) is 0 Å². The molecule has 2 aromatic rings. The van der Waals surface area contributed by atoms with Gasteiger partial charge in [0.1, 0.15) is 0 Å². The molecule has 1 saturated carbocycles. The van der Waals surface area contributed by atoms with E-state index in [4.69, 9.17) is 0 Å². The molecule has 1 aliphatic rings. The van der Waals surface area contributed by atoms with Crippen LogP contribution in [0.25, 0.3) is 10.2 Å². The Morgan fingerprint density at radius 2 is 2.07 bits per heavy atom. The van der Waals surface area contributed by atoms with E-state index in [-0.39, 0.29) is 5.91 Å². The van der Waals surface area contributed by atoms with Gasteiger partial charge in [-0.3, -0.25) is 9.59 Å². The van der Waals surface area contributed by atoms with Gasteiger partial charge in [-0.05, 0) is 56.2 Å². The van der Waals surface area contributed by atoms with Crippen LogP contribution >= 0.6 is 11.3 Å². The second-order valence-corrected chi connectivity index (χ2v) is 9.17. The lowest BCUT2D eigenvalue weighted by molar-refractivity contribution is -0.143. The SMILES string of the molecule is CCc1nc2ccc(CCCNC(=O)C3(C[C@@H](C)C(=O)O)CCCC3)cc2s1. The van der Waals surface area contributed by atoms with E-state index >= 15 is 0 Å². The minimum Gasteiger partial charge on any atom is -0.481 e. The van der Waals surface area contributed by atoms with Crippen LogP contribution in [0.5, 0.6) is 0 Å². The maximum absolute atomic E-state index is 12.8. The van der Waals surface area contributed by atoms with E-state index < -0.39 is 17.3 Å². The Labute approximate surface area is 170 Å². The second kappa shape index (κ2) is 9.03. The number of carboxylic acids is 1. The molecule has 0 bridgehead atoms. The van der Waals surface area contributed by atoms with Crippen molar-refractivity contribution in [2.75, 3.05) is 6.54 Å². The highest BCUT2D eigenvalue weighted by molar-refractivity contribution is 7.18. The molecule has 0 saturated heterocycles. The van der Waals surface area contributed by atoms with E-state index in [9.17, 15) is 14.7 Å². The number of thiazole rings is 1. The van der Waals surface area contributed by atoms with Crippen LogP contribution in [0, 0.1) is 11.3 Å². The Hall–Kier alpha value is -1.95. The maximum Gasteiger partial charge on any atom is 0.306 e. The maximum atomic E-state index is 12.8. The predicted octanol–water partition coefficient (Wildman–Crippen LogP) is 4.58. The number of nitrogens with one attached hydrogen (secondary N) is 1. The molecule has 0 spiro atoms. The van der Waals surface area contributed by atoms with Gasteiger partial charge in [0.05, 0.1) is 21.1 Å². The number of amides is 1. The van der Waals surface area contributed by atoms with Gasteiger partial charge in [-0.15, -0.1) is 11.3 Å². The average Bonchev–Trinajstić information content (AvgIpc) is 3.31. The first-order valence-electron chi connectivity index (χ1n) is 10.3. The van der Waals surface area contributed by atoms with Crippen LogP contribution in [-0.2, 0) is 22.4 Å². The van der Waals surface area contributed by atoms with Crippen molar-refractivity contribution in [3.8, 4) is 0 Å². The molecule has 0 unspecified atom stereocenters. The summed E-state index contributed by atoms with van der Waals surface area (Å²) in [5.41, 5.74) is 1.84. The Balaban J connectivity index is 1.52. The van der Waals surface area contributed by atoms with Crippen molar-refractivity contribution in [1.82, 2.24) is 10.3 Å². The van der Waals surface area contributed by atoms with Crippen molar-refractivity contribution in [1.29, 1.82) is 0 Å². The van der Waals surface area contributed by atoms with Crippen LogP contribution in [-0.4, -0.2) is 28.5 Å². The fraction of sp³-hybridized carbons (Fsp3) is 0.591. The van der Waals surface area contributed by atoms with Gasteiger partial charge in [-0.25, -0.2) is 4.98 Å². The molecule has 1 amide bonds. The molecule has 1 fully saturated rings. The zero-order valence-electron chi connectivity index (χ0n) is 16.8. The minimum atomic E-state index is -0.816. The van der Waals surface area contributed by atoms with Gasteiger partial charge in [0.25, 0.3) is 0 Å². The Morgan fingerprint density at radius 3 is 2.75 bits per heavy atom. The van der Waals surface area contributed by atoms with Crippen LogP contribution in [0.2, 0.25) is 0 Å². The molecule has 5 nitrogen and oxygen atoms in total. The molecule has 1 heterocycles. The van der Waals surface area contributed by atoms with E-state index in [1.807, 2.05) is 0 Å². The summed E-state index contributed by atoms with van der Waals surface area (Å²) in [5, 5.41) is 13.5. The van der Waals surface area contributed by atoms with Gasteiger partial charge in [0.2, 0.25) is 5.91 Å². The van der Waals surface area contributed by atoms with Crippen molar-refractivity contribution in [3.63, 3.8) is 0 Å². The number of carboxylic acid groups (broad SMARTS) is 1. The van der Waals surface area contributed by atoms with Crippen molar-refractivity contribution in [2.45, 2.75) is 65.2 Å². The smallest absolute Gasteiger partial charge is 0.306 e. The number of rotatable bonds is 9. The Kier molecular flexibility index (Phi) is 6.70. The third-order valence-electron chi connectivity index (χ3n) is 5.89. The highest BCUT2D eigenvalue weighted by Gasteiger charge is 2.42. The fourth-order valence-corrected chi connectivity index (χ4v) is 5.23. The summed E-state index contributed by atoms with van der Waals surface area (Å²) in [7, 11) is 0. The van der Waals surface area contributed by atoms with E-state index in [1.54, 1.807) is 18.3 Å². The summed E-state index contributed by atoms with van der Waals surface area (Å²) < 4.78 is 1.23. The number of carbonyl (C=O) groups excluding carboxylic acids is 1. The number of hydrogen-bond acceptors (Lipinski definition) is 4. The first-order chi connectivity index (χ1) is 13.4. The highest BCUT2D eigenvalue weighted by atomic mass is 32.1. The molecule has 152 valence electrons. The van der Waals surface area contributed by atoms with Crippen LogP contribution in [0.4, 0.5) is 0 Å². The number of carbonyl (C=O) groups is 2. The normalized spacial score (nSPS) is 16.9. The number of aryl methyl sites for hydroxylation is 2. The fourth-order valence-electron chi connectivity index (χ4n) is 4.25. The summed E-state index contributed by atoms with van der Waals surface area (Å²) in [4.78, 5) is 28.7. The van der Waals surface area contributed by atoms with Gasteiger partial charge in [0, 0.05) is 12.0 Å². The van der Waals surface area contributed by atoms with Crippen LogP contribution in [0.1, 0.15) is 62.9 Å². The van der Waals surface area contributed by atoms with Gasteiger partial charge < -0.3 is 10.4 Å². The molecule has 0 aliphatic heterocycles. The van der Waals surface area contributed by atoms with Crippen molar-refractivity contribution < 1.29 is 14.7 Å². The zero-order chi connectivity index (χ0) is 20.1. The van der Waals surface area contributed by atoms with Crippen LogP contribution in [0.15, 0.2) is 18.2 Å². The lowest BCUT2D eigenvalue weighted by Crippen LogP contribution is -2.41. The molecule has 28 heavy (non-hydrogen) atoms. The number of nitrogens with zero attached hydrogens (tertiary/aromatic N) is 1. The lowest BCUT2D eigenvalue weighted by Gasteiger charge is -2.29.